The molecule has 0 fully saturated rings. The predicted molar refractivity (Wildman–Crippen MR) is 109 cm³/mol. The van der Waals surface area contributed by atoms with Crippen molar-refractivity contribution in [3.05, 3.63) is 73.2 Å². The molecule has 5 rings (SSSR count). The van der Waals surface area contributed by atoms with Gasteiger partial charge in [0.2, 0.25) is 5.91 Å². The average Bonchev–Trinajstić information content (AvgIpc) is 3.47. The molecule has 10 heteroatoms. The molecule has 0 spiro atoms. The number of anilines is 1. The normalized spacial score (nSPS) is 11.1. The second kappa shape index (κ2) is 7.24. The maximum absolute atomic E-state index is 12.6. The van der Waals surface area contributed by atoms with Crippen LogP contribution in [0, 0.1) is 6.92 Å². The third-order valence-corrected chi connectivity index (χ3v) is 4.49. The van der Waals surface area contributed by atoms with Gasteiger partial charge in [-0.05, 0) is 25.1 Å². The molecule has 0 aromatic carbocycles. The molecule has 30 heavy (non-hydrogen) atoms. The smallest absolute Gasteiger partial charge is 0.247 e. The molecule has 5 heterocycles. The molecule has 0 aliphatic rings. The second-order valence-corrected chi connectivity index (χ2v) is 6.69. The molecule has 0 aliphatic carbocycles. The Morgan fingerprint density at radius 2 is 2.00 bits per heavy atom. The summed E-state index contributed by atoms with van der Waals surface area (Å²) in [5.74, 6) is 0.956. The fourth-order valence-corrected chi connectivity index (χ4v) is 3.19. The molecule has 1 amide bonds. The predicted octanol–water partition coefficient (Wildman–Crippen LogP) is 2.12. The minimum Gasteiger partial charge on any atom is -0.309 e. The van der Waals surface area contributed by atoms with Crippen molar-refractivity contribution in [3.8, 4) is 16.9 Å². The summed E-state index contributed by atoms with van der Waals surface area (Å²) in [6, 6.07) is 9.13. The number of carbonyl (C=O) groups excluding carboxylic acids is 1. The highest BCUT2D eigenvalue weighted by Crippen LogP contribution is 2.22. The lowest BCUT2D eigenvalue weighted by atomic mass is 10.2. The molecule has 5 aromatic rings. The molecule has 5 aromatic heterocycles. The molecule has 0 atom stereocenters. The Labute approximate surface area is 170 Å². The van der Waals surface area contributed by atoms with Crippen LogP contribution in [-0.2, 0) is 11.3 Å². The van der Waals surface area contributed by atoms with E-state index in [2.05, 4.69) is 30.6 Å². The van der Waals surface area contributed by atoms with Crippen LogP contribution in [0.15, 0.2) is 67.5 Å². The van der Waals surface area contributed by atoms with Crippen LogP contribution in [0.1, 0.15) is 5.69 Å². The number of amides is 1. The monoisotopic (exact) mass is 399 g/mol. The van der Waals surface area contributed by atoms with Gasteiger partial charge in [-0.25, -0.2) is 14.5 Å². The summed E-state index contributed by atoms with van der Waals surface area (Å²) in [6.07, 6.45) is 10.5. The summed E-state index contributed by atoms with van der Waals surface area (Å²) >= 11 is 0. The number of aryl methyl sites for hydroxylation is 1. The largest absolute Gasteiger partial charge is 0.309 e. The van der Waals surface area contributed by atoms with Crippen LogP contribution in [0.5, 0.6) is 0 Å². The lowest BCUT2D eigenvalue weighted by Gasteiger charge is -2.08. The highest BCUT2D eigenvalue weighted by molar-refractivity contribution is 5.90. The first kappa shape index (κ1) is 17.7. The van der Waals surface area contributed by atoms with Gasteiger partial charge in [0.15, 0.2) is 11.5 Å². The van der Waals surface area contributed by atoms with Crippen LogP contribution in [0.3, 0.4) is 0 Å². The van der Waals surface area contributed by atoms with Crippen molar-refractivity contribution in [2.45, 2.75) is 13.5 Å². The molecule has 148 valence electrons. The molecule has 0 aliphatic heterocycles. The average molecular weight is 399 g/mol. The van der Waals surface area contributed by atoms with Crippen LogP contribution in [0.2, 0.25) is 0 Å². The summed E-state index contributed by atoms with van der Waals surface area (Å²) in [7, 11) is 0. The lowest BCUT2D eigenvalue weighted by molar-refractivity contribution is -0.116. The maximum atomic E-state index is 12.6. The van der Waals surface area contributed by atoms with Crippen LogP contribution in [0.4, 0.5) is 5.82 Å². The van der Waals surface area contributed by atoms with E-state index in [4.69, 9.17) is 0 Å². The SMILES string of the molecule is Cc1cc(NC(=O)Cn2cc(-c3cnn4cccnc34)cn2)n(-c2ccccn2)n1. The van der Waals surface area contributed by atoms with Crippen molar-refractivity contribution >= 4 is 17.4 Å². The zero-order valence-corrected chi connectivity index (χ0v) is 16.0. The first-order valence-corrected chi connectivity index (χ1v) is 9.26. The highest BCUT2D eigenvalue weighted by Gasteiger charge is 2.14. The van der Waals surface area contributed by atoms with Gasteiger partial charge in [-0.15, -0.1) is 0 Å². The van der Waals surface area contributed by atoms with Crippen LogP contribution >= 0.6 is 0 Å². The van der Waals surface area contributed by atoms with E-state index in [1.807, 2.05) is 37.4 Å². The second-order valence-electron chi connectivity index (χ2n) is 6.69. The Kier molecular flexibility index (Phi) is 4.28. The van der Waals surface area contributed by atoms with Gasteiger partial charge in [0.25, 0.3) is 0 Å². The van der Waals surface area contributed by atoms with E-state index in [9.17, 15) is 4.79 Å². The molecular formula is C20H17N9O. The van der Waals surface area contributed by atoms with Crippen LogP contribution < -0.4 is 5.32 Å². The number of nitrogens with one attached hydrogen (secondary N) is 1. The summed E-state index contributed by atoms with van der Waals surface area (Å²) in [5, 5.41) is 15.9. The molecule has 0 bridgehead atoms. The fourth-order valence-electron chi connectivity index (χ4n) is 3.19. The highest BCUT2D eigenvalue weighted by atomic mass is 16.2. The van der Waals surface area contributed by atoms with Crippen LogP contribution in [0.25, 0.3) is 22.6 Å². The summed E-state index contributed by atoms with van der Waals surface area (Å²) < 4.78 is 4.87. The first-order chi connectivity index (χ1) is 14.7. The Hall–Kier alpha value is -4.34. The van der Waals surface area contributed by atoms with E-state index in [1.54, 1.807) is 50.9 Å². The van der Waals surface area contributed by atoms with Gasteiger partial charge in [0, 0.05) is 42.0 Å². The Morgan fingerprint density at radius 1 is 1.10 bits per heavy atom. The Balaban J connectivity index is 1.34. The molecule has 0 unspecified atom stereocenters. The number of hydrogen-bond donors (Lipinski definition) is 1. The number of nitrogens with zero attached hydrogens (tertiary/aromatic N) is 8. The summed E-state index contributed by atoms with van der Waals surface area (Å²) in [5.41, 5.74) is 3.20. The minimum atomic E-state index is -0.222. The lowest BCUT2D eigenvalue weighted by Crippen LogP contribution is -2.21. The third-order valence-electron chi connectivity index (χ3n) is 4.49. The van der Waals surface area contributed by atoms with Gasteiger partial charge in [-0.3, -0.25) is 9.48 Å². The molecule has 0 radical (unpaired) electrons. The van der Waals surface area contributed by atoms with Gasteiger partial charge in [0.1, 0.15) is 12.4 Å². The van der Waals surface area contributed by atoms with Gasteiger partial charge in [-0.2, -0.15) is 20.0 Å². The van der Waals surface area contributed by atoms with E-state index < -0.39 is 0 Å². The molecule has 10 nitrogen and oxygen atoms in total. The van der Waals surface area contributed by atoms with Gasteiger partial charge in [-0.1, -0.05) is 6.07 Å². The zero-order valence-electron chi connectivity index (χ0n) is 16.0. The quantitative estimate of drug-likeness (QED) is 0.485. The van der Waals surface area contributed by atoms with Crippen molar-refractivity contribution in [2.24, 2.45) is 0 Å². The number of carbonyl (C=O) groups is 1. The standard InChI is InChI=1S/C20H17N9O/c1-14-9-18(29(26-14)17-5-2-3-6-21-17)25-19(30)13-27-12-15(10-23-27)16-11-24-28-8-4-7-22-20(16)28/h2-12H,13H2,1H3,(H,25,30). The Bertz CT molecular complexity index is 1330. The van der Waals surface area contributed by atoms with Crippen molar-refractivity contribution in [1.29, 1.82) is 0 Å². The summed E-state index contributed by atoms with van der Waals surface area (Å²) in [6.45, 7) is 1.91. The first-order valence-electron chi connectivity index (χ1n) is 9.26. The van der Waals surface area contributed by atoms with E-state index in [1.165, 1.54) is 0 Å². The minimum absolute atomic E-state index is 0.0546. The summed E-state index contributed by atoms with van der Waals surface area (Å²) in [4.78, 5) is 21.3. The van der Waals surface area contributed by atoms with Crippen LogP contribution in [-0.4, -0.2) is 45.1 Å². The molecule has 1 N–H and O–H groups in total. The number of rotatable bonds is 5. The topological polar surface area (TPSA) is 108 Å². The van der Waals surface area contributed by atoms with Crippen molar-refractivity contribution in [3.63, 3.8) is 0 Å². The van der Waals surface area contributed by atoms with Crippen molar-refractivity contribution in [1.82, 2.24) is 39.1 Å². The van der Waals surface area contributed by atoms with Crippen molar-refractivity contribution < 1.29 is 4.79 Å². The van der Waals surface area contributed by atoms with E-state index >= 15 is 0 Å². The van der Waals surface area contributed by atoms with Gasteiger partial charge >= 0.3 is 0 Å². The van der Waals surface area contributed by atoms with Gasteiger partial charge < -0.3 is 5.32 Å². The molecular weight excluding hydrogens is 382 g/mol. The Morgan fingerprint density at radius 3 is 2.87 bits per heavy atom. The number of fused-ring (bicyclic) bond motifs is 1. The van der Waals surface area contributed by atoms with Crippen molar-refractivity contribution in [2.75, 3.05) is 5.32 Å². The number of aromatic nitrogens is 8. The maximum Gasteiger partial charge on any atom is 0.247 e. The number of pyridine rings is 1. The fraction of sp³-hybridized carbons (Fsp3) is 0.100. The van der Waals surface area contributed by atoms with E-state index in [-0.39, 0.29) is 12.5 Å². The van der Waals surface area contributed by atoms with Gasteiger partial charge in [0.05, 0.1) is 18.1 Å². The zero-order chi connectivity index (χ0) is 20.5. The van der Waals surface area contributed by atoms with E-state index in [0.717, 1.165) is 22.5 Å². The van der Waals surface area contributed by atoms with E-state index in [0.29, 0.717) is 11.6 Å². The molecule has 0 saturated heterocycles. The third kappa shape index (κ3) is 3.30. The number of hydrogen-bond acceptors (Lipinski definition) is 6. The molecule has 0 saturated carbocycles.